The molecule has 4 heteroatoms. The number of carbonyl (C=O) groups excluding carboxylic acids is 1. The number of hydrogen-bond donors (Lipinski definition) is 1. The minimum absolute atomic E-state index is 0.174. The zero-order valence-electron chi connectivity index (χ0n) is 12.8. The molecule has 0 amide bonds. The highest BCUT2D eigenvalue weighted by Gasteiger charge is 2.18. The van der Waals surface area contributed by atoms with Crippen molar-refractivity contribution in [3.63, 3.8) is 0 Å². The van der Waals surface area contributed by atoms with Crippen LogP contribution < -0.4 is 5.32 Å². The first kappa shape index (κ1) is 17.4. The summed E-state index contributed by atoms with van der Waals surface area (Å²) in [7, 11) is 3.24. The maximum atomic E-state index is 11.5. The minimum Gasteiger partial charge on any atom is -0.468 e. The lowest BCUT2D eigenvalue weighted by Gasteiger charge is -2.27. The topological polar surface area (TPSA) is 41.6 Å². The van der Waals surface area contributed by atoms with E-state index in [1.807, 2.05) is 0 Å². The third-order valence-electron chi connectivity index (χ3n) is 2.81. The van der Waals surface area contributed by atoms with Crippen LogP contribution in [0.15, 0.2) is 0 Å². The maximum absolute atomic E-state index is 11.5. The molecule has 0 aliphatic rings. The van der Waals surface area contributed by atoms with Crippen molar-refractivity contribution < 1.29 is 9.53 Å². The molecule has 108 valence electrons. The smallest absolute Gasteiger partial charge is 0.322 e. The van der Waals surface area contributed by atoms with Crippen LogP contribution in [-0.2, 0) is 9.53 Å². The first-order valence-corrected chi connectivity index (χ1v) is 6.88. The van der Waals surface area contributed by atoms with Gasteiger partial charge in [-0.1, -0.05) is 27.7 Å². The lowest BCUT2D eigenvalue weighted by atomic mass is 10.1. The summed E-state index contributed by atoms with van der Waals surface area (Å²) in [6, 6.07) is -0.197. The van der Waals surface area contributed by atoms with Crippen molar-refractivity contribution in [2.75, 3.05) is 33.8 Å². The van der Waals surface area contributed by atoms with Gasteiger partial charge in [-0.3, -0.25) is 4.79 Å². The van der Waals surface area contributed by atoms with E-state index in [1.54, 1.807) is 7.05 Å². The Balaban J connectivity index is 4.25. The van der Waals surface area contributed by atoms with Gasteiger partial charge < -0.3 is 15.0 Å². The number of hydrogen-bond acceptors (Lipinski definition) is 4. The maximum Gasteiger partial charge on any atom is 0.322 e. The standard InChI is InChI=1S/C14H30N2O2/c1-11(2)9-16(10-12(3)4)8-7-13(15-5)14(17)18-6/h11-13,15H,7-10H2,1-6H3. The molecular formula is C14H30N2O2. The molecule has 0 aliphatic carbocycles. The van der Waals surface area contributed by atoms with Crippen LogP contribution >= 0.6 is 0 Å². The molecule has 0 heterocycles. The van der Waals surface area contributed by atoms with Crippen molar-refractivity contribution >= 4 is 5.97 Å². The number of carbonyl (C=O) groups is 1. The Morgan fingerprint density at radius 2 is 1.67 bits per heavy atom. The van der Waals surface area contributed by atoms with E-state index < -0.39 is 0 Å². The van der Waals surface area contributed by atoms with Crippen LogP contribution in [0.3, 0.4) is 0 Å². The Morgan fingerprint density at radius 1 is 1.17 bits per heavy atom. The van der Waals surface area contributed by atoms with Crippen LogP contribution in [0.5, 0.6) is 0 Å². The van der Waals surface area contributed by atoms with E-state index in [0.717, 1.165) is 26.1 Å². The van der Waals surface area contributed by atoms with Crippen LogP contribution in [-0.4, -0.2) is 50.7 Å². The number of nitrogens with zero attached hydrogens (tertiary/aromatic N) is 1. The highest BCUT2D eigenvalue weighted by molar-refractivity contribution is 5.75. The SMILES string of the molecule is CNC(CCN(CC(C)C)CC(C)C)C(=O)OC. The van der Waals surface area contributed by atoms with Crippen LogP contribution in [0.4, 0.5) is 0 Å². The highest BCUT2D eigenvalue weighted by Crippen LogP contribution is 2.06. The van der Waals surface area contributed by atoms with Gasteiger partial charge in [0, 0.05) is 19.6 Å². The molecule has 1 N–H and O–H groups in total. The highest BCUT2D eigenvalue weighted by atomic mass is 16.5. The molecule has 1 atom stereocenters. The minimum atomic E-state index is -0.197. The number of likely N-dealkylation sites (N-methyl/N-ethyl adjacent to an activating group) is 1. The van der Waals surface area contributed by atoms with Gasteiger partial charge in [0.25, 0.3) is 0 Å². The zero-order valence-corrected chi connectivity index (χ0v) is 12.8. The van der Waals surface area contributed by atoms with Gasteiger partial charge in [-0.05, 0) is 25.3 Å². The largest absolute Gasteiger partial charge is 0.468 e. The first-order valence-electron chi connectivity index (χ1n) is 6.88. The van der Waals surface area contributed by atoms with Gasteiger partial charge in [0.15, 0.2) is 0 Å². The Kier molecular flexibility index (Phi) is 9.02. The van der Waals surface area contributed by atoms with Crippen molar-refractivity contribution in [2.45, 2.75) is 40.2 Å². The van der Waals surface area contributed by atoms with Crippen molar-refractivity contribution in [3.8, 4) is 0 Å². The third kappa shape index (κ3) is 7.67. The summed E-state index contributed by atoms with van der Waals surface area (Å²) in [4.78, 5) is 13.9. The van der Waals surface area contributed by atoms with Gasteiger partial charge in [0.05, 0.1) is 7.11 Å². The molecule has 0 rings (SSSR count). The quantitative estimate of drug-likeness (QED) is 0.640. The van der Waals surface area contributed by atoms with E-state index in [9.17, 15) is 4.79 Å². The lowest BCUT2D eigenvalue weighted by Crippen LogP contribution is -2.40. The molecule has 0 bridgehead atoms. The molecule has 0 aromatic carbocycles. The van der Waals surface area contributed by atoms with Crippen molar-refractivity contribution in [1.29, 1.82) is 0 Å². The molecular weight excluding hydrogens is 228 g/mol. The fourth-order valence-corrected chi connectivity index (χ4v) is 2.12. The molecule has 0 radical (unpaired) electrons. The summed E-state index contributed by atoms with van der Waals surface area (Å²) in [5.41, 5.74) is 0. The molecule has 0 aromatic heterocycles. The zero-order chi connectivity index (χ0) is 14.1. The summed E-state index contributed by atoms with van der Waals surface area (Å²) < 4.78 is 4.78. The van der Waals surface area contributed by atoms with E-state index in [1.165, 1.54) is 7.11 Å². The van der Waals surface area contributed by atoms with Crippen LogP contribution in [0.2, 0.25) is 0 Å². The normalized spacial score (nSPS) is 13.4. The van der Waals surface area contributed by atoms with Gasteiger partial charge in [-0.15, -0.1) is 0 Å². The molecule has 1 unspecified atom stereocenters. The average molecular weight is 258 g/mol. The fraction of sp³-hybridized carbons (Fsp3) is 0.929. The Hall–Kier alpha value is -0.610. The van der Waals surface area contributed by atoms with Gasteiger partial charge in [-0.2, -0.15) is 0 Å². The second-order valence-corrected chi connectivity index (χ2v) is 5.70. The second kappa shape index (κ2) is 9.34. The number of esters is 1. The van der Waals surface area contributed by atoms with Gasteiger partial charge in [0.2, 0.25) is 0 Å². The molecule has 0 aromatic rings. The number of nitrogens with one attached hydrogen (secondary N) is 1. The molecule has 4 nitrogen and oxygen atoms in total. The summed E-state index contributed by atoms with van der Waals surface area (Å²) in [5, 5.41) is 3.01. The van der Waals surface area contributed by atoms with Crippen molar-refractivity contribution in [1.82, 2.24) is 10.2 Å². The predicted molar refractivity (Wildman–Crippen MR) is 75.6 cm³/mol. The lowest BCUT2D eigenvalue weighted by molar-refractivity contribution is -0.143. The molecule has 0 aliphatic heterocycles. The van der Waals surface area contributed by atoms with Gasteiger partial charge in [0.1, 0.15) is 6.04 Å². The first-order chi connectivity index (χ1) is 8.40. The molecule has 0 saturated heterocycles. The predicted octanol–water partition coefficient (Wildman–Crippen LogP) is 1.75. The number of ether oxygens (including phenoxy) is 1. The molecule has 0 fully saturated rings. The molecule has 0 spiro atoms. The van der Waals surface area contributed by atoms with Crippen LogP contribution in [0.25, 0.3) is 0 Å². The van der Waals surface area contributed by atoms with Crippen molar-refractivity contribution in [3.05, 3.63) is 0 Å². The number of methoxy groups -OCH3 is 1. The Labute approximate surface area is 112 Å². The van der Waals surface area contributed by atoms with Gasteiger partial charge in [-0.25, -0.2) is 0 Å². The molecule has 18 heavy (non-hydrogen) atoms. The molecule has 0 saturated carbocycles. The number of rotatable bonds is 9. The fourth-order valence-electron chi connectivity index (χ4n) is 2.12. The van der Waals surface area contributed by atoms with Crippen molar-refractivity contribution in [2.24, 2.45) is 11.8 Å². The third-order valence-corrected chi connectivity index (χ3v) is 2.81. The van der Waals surface area contributed by atoms with E-state index >= 15 is 0 Å². The van der Waals surface area contributed by atoms with E-state index in [4.69, 9.17) is 4.74 Å². The average Bonchev–Trinajstić information content (AvgIpc) is 2.27. The summed E-state index contributed by atoms with van der Waals surface area (Å²) in [6.07, 6.45) is 0.794. The van der Waals surface area contributed by atoms with Crippen LogP contribution in [0, 0.1) is 11.8 Å². The van der Waals surface area contributed by atoms with Gasteiger partial charge >= 0.3 is 5.97 Å². The Bertz CT molecular complexity index is 220. The van der Waals surface area contributed by atoms with E-state index in [-0.39, 0.29) is 12.0 Å². The summed E-state index contributed by atoms with van der Waals surface area (Å²) >= 11 is 0. The van der Waals surface area contributed by atoms with E-state index in [2.05, 4.69) is 37.9 Å². The van der Waals surface area contributed by atoms with Crippen LogP contribution in [0.1, 0.15) is 34.1 Å². The summed E-state index contributed by atoms with van der Waals surface area (Å²) in [6.45, 7) is 12.0. The van der Waals surface area contributed by atoms with E-state index in [0.29, 0.717) is 11.8 Å². The Morgan fingerprint density at radius 3 is 2.00 bits per heavy atom. The monoisotopic (exact) mass is 258 g/mol. The second-order valence-electron chi connectivity index (χ2n) is 5.70. The summed E-state index contributed by atoms with van der Waals surface area (Å²) in [5.74, 6) is 1.12.